The van der Waals surface area contributed by atoms with Crippen molar-refractivity contribution in [1.82, 2.24) is 0 Å². The number of carbonyl (C=O) groups excluding carboxylic acids is 1. The summed E-state index contributed by atoms with van der Waals surface area (Å²) in [6.07, 6.45) is -4.22. The summed E-state index contributed by atoms with van der Waals surface area (Å²) >= 11 is 0. The van der Waals surface area contributed by atoms with Crippen LogP contribution in [0.25, 0.3) is 0 Å². The standard InChI is InChI=1S/C9H6F4O2/c10-7-2-1-6(4-14)8(3-7)15-5-9(11,12)13/h1-4H,5H2. The van der Waals surface area contributed by atoms with E-state index in [2.05, 4.69) is 4.74 Å². The van der Waals surface area contributed by atoms with Gasteiger partial charge in [0.2, 0.25) is 0 Å². The molecule has 0 radical (unpaired) electrons. The number of benzene rings is 1. The number of hydrogen-bond acceptors (Lipinski definition) is 2. The van der Waals surface area contributed by atoms with Crippen LogP contribution in [0.15, 0.2) is 18.2 Å². The predicted octanol–water partition coefficient (Wildman–Crippen LogP) is 2.58. The van der Waals surface area contributed by atoms with Gasteiger partial charge in [-0.05, 0) is 12.1 Å². The lowest BCUT2D eigenvalue weighted by molar-refractivity contribution is -0.153. The van der Waals surface area contributed by atoms with Crippen LogP contribution in [0.1, 0.15) is 10.4 Å². The molecule has 0 aliphatic rings. The zero-order valence-corrected chi connectivity index (χ0v) is 7.34. The molecule has 0 atom stereocenters. The minimum absolute atomic E-state index is 0.124. The number of carbonyl (C=O) groups is 1. The third kappa shape index (κ3) is 3.57. The van der Waals surface area contributed by atoms with Crippen molar-refractivity contribution < 1.29 is 27.1 Å². The van der Waals surface area contributed by atoms with Gasteiger partial charge in [0.05, 0.1) is 5.56 Å². The summed E-state index contributed by atoms with van der Waals surface area (Å²) in [5, 5.41) is 0. The fraction of sp³-hybridized carbons (Fsp3) is 0.222. The van der Waals surface area contributed by atoms with E-state index in [0.29, 0.717) is 6.29 Å². The lowest BCUT2D eigenvalue weighted by atomic mass is 10.2. The molecule has 0 saturated carbocycles. The summed E-state index contributed by atoms with van der Waals surface area (Å²) in [6.45, 7) is -1.56. The Bertz CT molecular complexity index is 360. The first-order valence-electron chi connectivity index (χ1n) is 3.86. The SMILES string of the molecule is O=Cc1ccc(F)cc1OCC(F)(F)F. The first-order chi connectivity index (χ1) is 6.92. The van der Waals surface area contributed by atoms with E-state index in [1.54, 1.807) is 0 Å². The monoisotopic (exact) mass is 222 g/mol. The Balaban J connectivity index is 2.83. The van der Waals surface area contributed by atoms with Gasteiger partial charge in [-0.25, -0.2) is 4.39 Å². The third-order valence-corrected chi connectivity index (χ3v) is 1.49. The maximum Gasteiger partial charge on any atom is 0.422 e. The Morgan fingerprint density at radius 3 is 2.53 bits per heavy atom. The Morgan fingerprint density at radius 1 is 1.33 bits per heavy atom. The molecule has 0 N–H and O–H groups in total. The van der Waals surface area contributed by atoms with E-state index in [1.165, 1.54) is 0 Å². The first-order valence-corrected chi connectivity index (χ1v) is 3.86. The van der Waals surface area contributed by atoms with Gasteiger partial charge in [-0.2, -0.15) is 13.2 Å². The van der Waals surface area contributed by atoms with Crippen LogP contribution < -0.4 is 4.74 Å². The molecule has 1 aromatic carbocycles. The fourth-order valence-electron chi connectivity index (χ4n) is 0.890. The maximum atomic E-state index is 12.6. The third-order valence-electron chi connectivity index (χ3n) is 1.49. The normalized spacial score (nSPS) is 11.2. The fourth-order valence-corrected chi connectivity index (χ4v) is 0.890. The molecule has 0 unspecified atom stereocenters. The van der Waals surface area contributed by atoms with Crippen molar-refractivity contribution in [1.29, 1.82) is 0 Å². The lowest BCUT2D eigenvalue weighted by Gasteiger charge is -2.10. The molecule has 6 heteroatoms. The molecule has 0 aliphatic carbocycles. The van der Waals surface area contributed by atoms with Crippen LogP contribution in [-0.4, -0.2) is 19.1 Å². The molecule has 0 fully saturated rings. The first kappa shape index (κ1) is 11.5. The summed E-state index contributed by atoms with van der Waals surface area (Å²) in [5.74, 6) is -1.18. The van der Waals surface area contributed by atoms with E-state index >= 15 is 0 Å². The van der Waals surface area contributed by atoms with E-state index in [4.69, 9.17) is 0 Å². The van der Waals surface area contributed by atoms with Gasteiger partial charge in [0.1, 0.15) is 11.6 Å². The number of hydrogen-bond donors (Lipinski definition) is 0. The lowest BCUT2D eigenvalue weighted by Crippen LogP contribution is -2.19. The van der Waals surface area contributed by atoms with Crippen LogP contribution in [0, 0.1) is 5.82 Å². The molecular formula is C9H6F4O2. The number of ether oxygens (including phenoxy) is 1. The van der Waals surface area contributed by atoms with Crippen molar-refractivity contribution in [3.05, 3.63) is 29.6 Å². The number of rotatable bonds is 3. The van der Waals surface area contributed by atoms with Crippen LogP contribution in [0.5, 0.6) is 5.75 Å². The Morgan fingerprint density at radius 2 is 2.00 bits per heavy atom. The summed E-state index contributed by atoms with van der Waals surface area (Å²) < 4.78 is 52.2. The van der Waals surface area contributed by atoms with Crippen LogP contribution in [0.4, 0.5) is 17.6 Å². The highest BCUT2D eigenvalue weighted by Crippen LogP contribution is 2.22. The zero-order chi connectivity index (χ0) is 11.5. The van der Waals surface area contributed by atoms with Crippen LogP contribution >= 0.6 is 0 Å². The van der Waals surface area contributed by atoms with Gasteiger partial charge in [-0.15, -0.1) is 0 Å². The summed E-state index contributed by atoms with van der Waals surface area (Å²) in [6, 6.07) is 2.74. The molecule has 0 bridgehead atoms. The van der Waals surface area contributed by atoms with Gasteiger partial charge in [-0.3, -0.25) is 4.79 Å². The highest BCUT2D eigenvalue weighted by atomic mass is 19.4. The second-order valence-electron chi connectivity index (χ2n) is 2.70. The van der Waals surface area contributed by atoms with E-state index in [9.17, 15) is 22.4 Å². The van der Waals surface area contributed by atoms with Crippen molar-refractivity contribution in [2.75, 3.05) is 6.61 Å². The van der Waals surface area contributed by atoms with Crippen LogP contribution in [0.2, 0.25) is 0 Å². The van der Waals surface area contributed by atoms with Gasteiger partial charge in [0.15, 0.2) is 12.9 Å². The molecule has 0 aliphatic heterocycles. The van der Waals surface area contributed by atoms with Crippen molar-refractivity contribution in [3.8, 4) is 5.75 Å². The van der Waals surface area contributed by atoms with E-state index in [-0.39, 0.29) is 5.56 Å². The average molecular weight is 222 g/mol. The number of alkyl halides is 3. The van der Waals surface area contributed by atoms with E-state index < -0.39 is 24.3 Å². The zero-order valence-electron chi connectivity index (χ0n) is 7.34. The van der Waals surface area contributed by atoms with Gasteiger partial charge in [0, 0.05) is 6.07 Å². The minimum Gasteiger partial charge on any atom is -0.483 e. The predicted molar refractivity (Wildman–Crippen MR) is 43.3 cm³/mol. The molecule has 1 aromatic rings. The largest absolute Gasteiger partial charge is 0.483 e. The Hall–Kier alpha value is -1.59. The summed E-state index contributed by atoms with van der Waals surface area (Å²) in [7, 11) is 0. The molecule has 0 heterocycles. The highest BCUT2D eigenvalue weighted by molar-refractivity contribution is 5.79. The Kier molecular flexibility index (Phi) is 3.28. The molecule has 0 amide bonds. The molecule has 0 aromatic heterocycles. The van der Waals surface area contributed by atoms with Gasteiger partial charge < -0.3 is 4.74 Å². The summed E-state index contributed by atoms with van der Waals surface area (Å²) in [5.41, 5.74) is -0.124. The number of halogens is 4. The van der Waals surface area contributed by atoms with Gasteiger partial charge in [-0.1, -0.05) is 0 Å². The number of aldehydes is 1. The molecular weight excluding hydrogens is 216 g/mol. The second kappa shape index (κ2) is 4.29. The smallest absolute Gasteiger partial charge is 0.422 e. The topological polar surface area (TPSA) is 26.3 Å². The molecule has 1 rings (SSSR count). The van der Waals surface area contributed by atoms with E-state index in [1.807, 2.05) is 0 Å². The van der Waals surface area contributed by atoms with Gasteiger partial charge in [0.25, 0.3) is 0 Å². The minimum atomic E-state index is -4.52. The Labute approximate surface area is 82.5 Å². The second-order valence-corrected chi connectivity index (χ2v) is 2.70. The molecule has 0 saturated heterocycles. The highest BCUT2D eigenvalue weighted by Gasteiger charge is 2.28. The maximum absolute atomic E-state index is 12.6. The summed E-state index contributed by atoms with van der Waals surface area (Å²) in [4.78, 5) is 10.4. The van der Waals surface area contributed by atoms with Crippen molar-refractivity contribution >= 4 is 6.29 Å². The molecule has 0 spiro atoms. The van der Waals surface area contributed by atoms with Crippen LogP contribution in [-0.2, 0) is 0 Å². The quantitative estimate of drug-likeness (QED) is 0.580. The van der Waals surface area contributed by atoms with Crippen molar-refractivity contribution in [2.45, 2.75) is 6.18 Å². The molecule has 2 nitrogen and oxygen atoms in total. The molecule has 82 valence electrons. The molecule has 15 heavy (non-hydrogen) atoms. The van der Waals surface area contributed by atoms with Crippen LogP contribution in [0.3, 0.4) is 0 Å². The van der Waals surface area contributed by atoms with Crippen molar-refractivity contribution in [3.63, 3.8) is 0 Å². The van der Waals surface area contributed by atoms with Gasteiger partial charge >= 0.3 is 6.18 Å². The van der Waals surface area contributed by atoms with E-state index in [0.717, 1.165) is 18.2 Å². The van der Waals surface area contributed by atoms with Crippen molar-refractivity contribution in [2.24, 2.45) is 0 Å². The average Bonchev–Trinajstić information content (AvgIpc) is 2.14.